The molecular weight excluding hydrogens is 398 g/mol. The van der Waals surface area contributed by atoms with Gasteiger partial charge in [0.25, 0.3) is 5.82 Å². The van der Waals surface area contributed by atoms with E-state index in [9.17, 15) is 26.3 Å². The minimum absolute atomic E-state index is 0.0414. The van der Waals surface area contributed by atoms with E-state index in [1.807, 2.05) is 25.9 Å². The zero-order valence-corrected chi connectivity index (χ0v) is 15.6. The molecule has 0 saturated heterocycles. The fourth-order valence-corrected chi connectivity index (χ4v) is 2.61. The van der Waals surface area contributed by atoms with Gasteiger partial charge in [-0.15, -0.1) is 5.10 Å². The van der Waals surface area contributed by atoms with Gasteiger partial charge in [-0.25, -0.2) is 9.97 Å². The molecule has 0 aliphatic heterocycles. The summed E-state index contributed by atoms with van der Waals surface area (Å²) in [5.41, 5.74) is -0.279. The standard InChI is InChI=1S/C19H16F6N4/c1-17(2,3)11-6-4-10(5-7-11)13-8-12(18(20,21)22)9-14(26-13)15-27-16(29-28-15)19(23,24)25/h4-9H,1-3H3,(H,27,28,29). The zero-order chi connectivity index (χ0) is 21.6. The number of pyridine rings is 1. The van der Waals surface area contributed by atoms with Crippen molar-refractivity contribution in [1.82, 2.24) is 20.2 Å². The third-order valence-electron chi connectivity index (χ3n) is 4.18. The number of aromatic nitrogens is 4. The molecule has 2 heterocycles. The third kappa shape index (κ3) is 4.57. The number of nitrogens with zero attached hydrogens (tertiary/aromatic N) is 3. The fraction of sp³-hybridized carbons (Fsp3) is 0.316. The van der Waals surface area contributed by atoms with E-state index in [2.05, 4.69) is 15.1 Å². The SMILES string of the molecule is CC(C)(C)c1ccc(-c2cc(C(F)(F)F)cc(-c3nc(C(F)(F)F)n[nH]3)n2)cc1. The van der Waals surface area contributed by atoms with Crippen molar-refractivity contribution in [2.24, 2.45) is 0 Å². The maximum Gasteiger partial charge on any atom is 0.453 e. The first-order valence-corrected chi connectivity index (χ1v) is 8.45. The largest absolute Gasteiger partial charge is 0.453 e. The van der Waals surface area contributed by atoms with Crippen LogP contribution in [0, 0.1) is 0 Å². The summed E-state index contributed by atoms with van der Waals surface area (Å²) >= 11 is 0. The van der Waals surface area contributed by atoms with Gasteiger partial charge >= 0.3 is 12.4 Å². The minimum Gasteiger partial charge on any atom is -0.257 e. The maximum atomic E-state index is 13.3. The molecule has 0 bridgehead atoms. The minimum atomic E-state index is -4.83. The molecule has 1 N–H and O–H groups in total. The van der Waals surface area contributed by atoms with Crippen LogP contribution in [0.4, 0.5) is 26.3 Å². The topological polar surface area (TPSA) is 54.5 Å². The number of benzene rings is 1. The highest BCUT2D eigenvalue weighted by molar-refractivity contribution is 5.65. The first-order valence-electron chi connectivity index (χ1n) is 8.45. The summed E-state index contributed by atoms with van der Waals surface area (Å²) < 4.78 is 78.2. The highest BCUT2D eigenvalue weighted by Gasteiger charge is 2.37. The van der Waals surface area contributed by atoms with Gasteiger partial charge in [0.2, 0.25) is 0 Å². The van der Waals surface area contributed by atoms with Crippen LogP contribution in [0.3, 0.4) is 0 Å². The van der Waals surface area contributed by atoms with E-state index in [1.54, 1.807) is 24.3 Å². The van der Waals surface area contributed by atoms with Crippen LogP contribution in [0.2, 0.25) is 0 Å². The molecule has 0 unspecified atom stereocenters. The van der Waals surface area contributed by atoms with Crippen molar-refractivity contribution in [3.63, 3.8) is 0 Å². The summed E-state index contributed by atoms with van der Waals surface area (Å²) in [6, 6.07) is 8.26. The molecular formula is C19H16F6N4. The van der Waals surface area contributed by atoms with Gasteiger partial charge in [-0.2, -0.15) is 26.3 Å². The number of aromatic amines is 1. The van der Waals surface area contributed by atoms with Gasteiger partial charge in [0.15, 0.2) is 5.82 Å². The molecule has 0 spiro atoms. The van der Waals surface area contributed by atoms with Crippen molar-refractivity contribution in [2.45, 2.75) is 38.5 Å². The first kappa shape index (κ1) is 20.8. The Morgan fingerprint density at radius 3 is 1.79 bits per heavy atom. The van der Waals surface area contributed by atoms with Crippen LogP contribution in [0.15, 0.2) is 36.4 Å². The van der Waals surface area contributed by atoms with Gasteiger partial charge in [-0.1, -0.05) is 45.0 Å². The third-order valence-corrected chi connectivity index (χ3v) is 4.18. The molecule has 3 rings (SSSR count). The van der Waals surface area contributed by atoms with Crippen molar-refractivity contribution >= 4 is 0 Å². The number of hydrogen-bond donors (Lipinski definition) is 1. The smallest absolute Gasteiger partial charge is 0.257 e. The van der Waals surface area contributed by atoms with Gasteiger partial charge in [0, 0.05) is 5.56 Å². The average Bonchev–Trinajstić information content (AvgIpc) is 3.10. The lowest BCUT2D eigenvalue weighted by atomic mass is 9.86. The Hall–Kier alpha value is -2.91. The number of rotatable bonds is 2. The highest BCUT2D eigenvalue weighted by Crippen LogP contribution is 2.35. The zero-order valence-electron chi connectivity index (χ0n) is 15.6. The lowest BCUT2D eigenvalue weighted by Crippen LogP contribution is -2.10. The Morgan fingerprint density at radius 2 is 1.31 bits per heavy atom. The predicted octanol–water partition coefficient (Wildman–Crippen LogP) is 5.87. The van der Waals surface area contributed by atoms with E-state index < -0.39 is 35.3 Å². The van der Waals surface area contributed by atoms with Crippen molar-refractivity contribution in [3.05, 3.63) is 53.3 Å². The molecule has 0 radical (unpaired) electrons. The molecule has 2 aromatic heterocycles. The summed E-state index contributed by atoms with van der Waals surface area (Å²) in [5.74, 6) is -1.99. The number of halogens is 6. The van der Waals surface area contributed by atoms with Crippen LogP contribution in [-0.2, 0) is 17.8 Å². The summed E-state index contributed by atoms with van der Waals surface area (Å²) in [5, 5.41) is 5.02. The van der Waals surface area contributed by atoms with Crippen LogP contribution in [0.1, 0.15) is 37.7 Å². The van der Waals surface area contributed by atoms with E-state index in [0.717, 1.165) is 11.6 Å². The molecule has 29 heavy (non-hydrogen) atoms. The second kappa shape index (κ2) is 6.85. The molecule has 1 aromatic carbocycles. The Morgan fingerprint density at radius 1 is 0.724 bits per heavy atom. The highest BCUT2D eigenvalue weighted by atomic mass is 19.4. The van der Waals surface area contributed by atoms with Crippen molar-refractivity contribution < 1.29 is 26.3 Å². The summed E-state index contributed by atoms with van der Waals surface area (Å²) in [7, 11) is 0. The summed E-state index contributed by atoms with van der Waals surface area (Å²) in [4.78, 5) is 7.31. The van der Waals surface area contributed by atoms with Crippen molar-refractivity contribution in [1.29, 1.82) is 0 Å². The Bertz CT molecular complexity index is 1010. The van der Waals surface area contributed by atoms with Crippen LogP contribution in [0.5, 0.6) is 0 Å². The van der Waals surface area contributed by atoms with Crippen LogP contribution in [-0.4, -0.2) is 20.2 Å². The molecule has 0 aliphatic rings. The Balaban J connectivity index is 2.11. The number of hydrogen-bond acceptors (Lipinski definition) is 3. The maximum absolute atomic E-state index is 13.3. The van der Waals surface area contributed by atoms with Gasteiger partial charge in [0.05, 0.1) is 11.3 Å². The first-order chi connectivity index (χ1) is 13.2. The summed E-state index contributed by atoms with van der Waals surface area (Å²) in [6.07, 6.45) is -9.55. The molecule has 0 aliphatic carbocycles. The molecule has 0 atom stereocenters. The normalized spacial score (nSPS) is 13.0. The van der Waals surface area contributed by atoms with E-state index in [0.29, 0.717) is 11.6 Å². The second-order valence-electron chi connectivity index (χ2n) is 7.46. The van der Waals surface area contributed by atoms with E-state index >= 15 is 0 Å². The molecule has 3 aromatic rings. The molecule has 4 nitrogen and oxygen atoms in total. The second-order valence-corrected chi connectivity index (χ2v) is 7.46. The summed E-state index contributed by atoms with van der Waals surface area (Å²) in [6.45, 7) is 5.97. The van der Waals surface area contributed by atoms with Gasteiger partial charge in [-0.05, 0) is 23.1 Å². The van der Waals surface area contributed by atoms with Crippen LogP contribution >= 0.6 is 0 Å². The predicted molar refractivity (Wildman–Crippen MR) is 93.8 cm³/mol. The quantitative estimate of drug-likeness (QED) is 0.534. The molecule has 0 fully saturated rings. The lowest BCUT2D eigenvalue weighted by molar-refractivity contribution is -0.144. The number of nitrogens with one attached hydrogen (secondary N) is 1. The van der Waals surface area contributed by atoms with E-state index in [1.165, 1.54) is 0 Å². The van der Waals surface area contributed by atoms with Gasteiger partial charge in [0.1, 0.15) is 5.69 Å². The van der Waals surface area contributed by atoms with Gasteiger partial charge in [-0.3, -0.25) is 5.10 Å². The monoisotopic (exact) mass is 414 g/mol. The Kier molecular flexibility index (Phi) is 4.92. The van der Waals surface area contributed by atoms with Crippen LogP contribution < -0.4 is 0 Å². The molecule has 154 valence electrons. The molecule has 0 amide bonds. The van der Waals surface area contributed by atoms with Crippen molar-refractivity contribution in [2.75, 3.05) is 0 Å². The number of H-pyrrole nitrogens is 1. The number of alkyl halides is 6. The fourth-order valence-electron chi connectivity index (χ4n) is 2.61. The van der Waals surface area contributed by atoms with Gasteiger partial charge < -0.3 is 0 Å². The van der Waals surface area contributed by atoms with Crippen LogP contribution in [0.25, 0.3) is 22.8 Å². The van der Waals surface area contributed by atoms with E-state index in [-0.39, 0.29) is 11.1 Å². The average molecular weight is 414 g/mol. The lowest BCUT2D eigenvalue weighted by Gasteiger charge is -2.19. The Labute approximate surface area is 162 Å². The molecule has 10 heteroatoms. The van der Waals surface area contributed by atoms with E-state index in [4.69, 9.17) is 0 Å². The molecule has 0 saturated carbocycles. The van der Waals surface area contributed by atoms with Crippen molar-refractivity contribution in [3.8, 4) is 22.8 Å².